The Morgan fingerprint density at radius 2 is 2.03 bits per heavy atom. The van der Waals surface area contributed by atoms with E-state index in [0.717, 1.165) is 0 Å². The van der Waals surface area contributed by atoms with E-state index in [1.807, 2.05) is 13.0 Å². The number of hydrogen-bond acceptors (Lipinski definition) is 5. The number of fused-ring (bicyclic) bond motifs is 1. The van der Waals surface area contributed by atoms with Crippen molar-refractivity contribution in [3.8, 4) is 0 Å². The minimum Gasteiger partial charge on any atom is -0.324 e. The number of pyridine rings is 1. The maximum Gasteiger partial charge on any atom is 0.241 e. The van der Waals surface area contributed by atoms with Gasteiger partial charge in [0.1, 0.15) is 5.82 Å². The van der Waals surface area contributed by atoms with Crippen LogP contribution < -0.4 is 15.5 Å². The van der Waals surface area contributed by atoms with Crippen molar-refractivity contribution in [1.82, 2.24) is 9.88 Å². The highest BCUT2D eigenvalue weighted by Crippen LogP contribution is 2.31. The minimum absolute atomic E-state index is 0.0110. The van der Waals surface area contributed by atoms with Crippen molar-refractivity contribution in [3.63, 3.8) is 0 Å². The van der Waals surface area contributed by atoms with Crippen LogP contribution in [0.25, 0.3) is 0 Å². The first-order valence-corrected chi connectivity index (χ1v) is 9.52. The molecule has 0 saturated heterocycles. The summed E-state index contributed by atoms with van der Waals surface area (Å²) in [5.41, 5.74) is 1.25. The molecule has 0 spiro atoms. The van der Waals surface area contributed by atoms with Crippen LogP contribution in [-0.4, -0.2) is 53.8 Å². The van der Waals surface area contributed by atoms with Gasteiger partial charge in [0.05, 0.1) is 29.5 Å². The van der Waals surface area contributed by atoms with E-state index in [1.165, 1.54) is 6.20 Å². The SMILES string of the molecule is CC1CC(=O)Nc2ccccc2N1C(=O)CN(C)CC(=O)Nc1ccc(Cl)cn1. The third-order valence-electron chi connectivity index (χ3n) is 4.44. The summed E-state index contributed by atoms with van der Waals surface area (Å²) in [4.78, 5) is 44.5. The number of amides is 3. The van der Waals surface area contributed by atoms with Gasteiger partial charge in [-0.2, -0.15) is 0 Å². The quantitative estimate of drug-likeness (QED) is 0.781. The standard InChI is InChI=1S/C20H22ClN5O3/c1-13-9-18(27)23-15-5-3-4-6-16(15)26(13)20(29)12-25(2)11-19(28)24-17-8-7-14(21)10-22-17/h3-8,10,13H,9,11-12H2,1-2H3,(H,23,27)(H,22,24,28). The molecule has 1 aliphatic heterocycles. The second-order valence-corrected chi connectivity index (χ2v) is 7.40. The maximum absolute atomic E-state index is 13.0. The number of benzene rings is 1. The highest BCUT2D eigenvalue weighted by molar-refractivity contribution is 6.30. The molecular formula is C20H22ClN5O3. The lowest BCUT2D eigenvalue weighted by molar-refractivity contribution is -0.121. The lowest BCUT2D eigenvalue weighted by Crippen LogP contribution is -2.45. The molecule has 1 atom stereocenters. The van der Waals surface area contributed by atoms with E-state index in [9.17, 15) is 14.4 Å². The summed E-state index contributed by atoms with van der Waals surface area (Å²) >= 11 is 5.78. The van der Waals surface area contributed by atoms with Crippen LogP contribution in [0.2, 0.25) is 5.02 Å². The smallest absolute Gasteiger partial charge is 0.241 e. The fourth-order valence-electron chi connectivity index (χ4n) is 3.21. The van der Waals surface area contributed by atoms with Crippen molar-refractivity contribution in [3.05, 3.63) is 47.6 Å². The van der Waals surface area contributed by atoms with E-state index >= 15 is 0 Å². The monoisotopic (exact) mass is 415 g/mol. The molecule has 3 amide bonds. The Balaban J connectivity index is 1.64. The number of carbonyl (C=O) groups is 3. The number of likely N-dealkylation sites (N-methyl/N-ethyl adjacent to an activating group) is 1. The second kappa shape index (κ2) is 9.02. The predicted molar refractivity (Wildman–Crippen MR) is 112 cm³/mol. The van der Waals surface area contributed by atoms with Gasteiger partial charge in [0.15, 0.2) is 0 Å². The third kappa shape index (κ3) is 5.30. The van der Waals surface area contributed by atoms with E-state index in [2.05, 4.69) is 15.6 Å². The van der Waals surface area contributed by atoms with E-state index in [4.69, 9.17) is 11.6 Å². The van der Waals surface area contributed by atoms with Crippen LogP contribution in [0.1, 0.15) is 13.3 Å². The summed E-state index contributed by atoms with van der Waals surface area (Å²) in [6, 6.07) is 10.1. The Hall–Kier alpha value is -2.97. The molecule has 1 aromatic heterocycles. The number of nitrogens with one attached hydrogen (secondary N) is 2. The minimum atomic E-state index is -0.299. The number of hydrogen-bond donors (Lipinski definition) is 2. The third-order valence-corrected chi connectivity index (χ3v) is 4.67. The number of para-hydroxylation sites is 2. The van der Waals surface area contributed by atoms with Gasteiger partial charge in [0.25, 0.3) is 0 Å². The molecule has 1 aliphatic rings. The van der Waals surface area contributed by atoms with E-state index in [0.29, 0.717) is 22.2 Å². The van der Waals surface area contributed by atoms with Crippen LogP contribution >= 0.6 is 11.6 Å². The summed E-state index contributed by atoms with van der Waals surface area (Å²) in [6.07, 6.45) is 1.64. The number of aromatic nitrogens is 1. The largest absolute Gasteiger partial charge is 0.324 e. The Bertz CT molecular complexity index is 919. The fourth-order valence-corrected chi connectivity index (χ4v) is 3.32. The maximum atomic E-state index is 13.0. The molecule has 8 nitrogen and oxygen atoms in total. The van der Waals surface area contributed by atoms with E-state index in [1.54, 1.807) is 47.2 Å². The first-order chi connectivity index (χ1) is 13.8. The summed E-state index contributed by atoms with van der Waals surface area (Å²) in [7, 11) is 1.69. The zero-order valence-electron chi connectivity index (χ0n) is 16.2. The molecule has 0 fully saturated rings. The van der Waals surface area contributed by atoms with Gasteiger partial charge in [-0.05, 0) is 38.2 Å². The van der Waals surface area contributed by atoms with Crippen molar-refractivity contribution >= 4 is 46.5 Å². The van der Waals surface area contributed by atoms with Crippen molar-refractivity contribution in [1.29, 1.82) is 0 Å². The lowest BCUT2D eigenvalue weighted by Gasteiger charge is -2.29. The summed E-state index contributed by atoms with van der Waals surface area (Å²) < 4.78 is 0. The zero-order valence-corrected chi connectivity index (χ0v) is 16.9. The van der Waals surface area contributed by atoms with Crippen LogP contribution in [0, 0.1) is 0 Å². The van der Waals surface area contributed by atoms with Gasteiger partial charge in [0, 0.05) is 18.7 Å². The molecule has 2 N–H and O–H groups in total. The normalized spacial score (nSPS) is 16.1. The van der Waals surface area contributed by atoms with E-state index in [-0.39, 0.29) is 43.3 Å². The number of nitrogens with zero attached hydrogens (tertiary/aromatic N) is 3. The Labute approximate surface area is 173 Å². The molecule has 0 radical (unpaired) electrons. The molecule has 2 aromatic rings. The molecule has 0 saturated carbocycles. The van der Waals surface area contributed by atoms with Gasteiger partial charge >= 0.3 is 0 Å². The fraction of sp³-hybridized carbons (Fsp3) is 0.300. The van der Waals surface area contributed by atoms with Crippen LogP contribution in [0.4, 0.5) is 17.2 Å². The summed E-state index contributed by atoms with van der Waals surface area (Å²) in [6.45, 7) is 1.86. The first kappa shape index (κ1) is 20.8. The molecule has 2 heterocycles. The average molecular weight is 416 g/mol. The molecule has 29 heavy (non-hydrogen) atoms. The highest BCUT2D eigenvalue weighted by atomic mass is 35.5. The van der Waals surface area contributed by atoms with Crippen molar-refractivity contribution in [2.45, 2.75) is 19.4 Å². The van der Waals surface area contributed by atoms with Gasteiger partial charge in [0.2, 0.25) is 17.7 Å². The lowest BCUT2D eigenvalue weighted by atomic mass is 10.1. The molecule has 9 heteroatoms. The van der Waals surface area contributed by atoms with Crippen molar-refractivity contribution < 1.29 is 14.4 Å². The second-order valence-electron chi connectivity index (χ2n) is 6.96. The Kier molecular flexibility index (Phi) is 6.46. The van der Waals surface area contributed by atoms with Gasteiger partial charge in [-0.1, -0.05) is 23.7 Å². The van der Waals surface area contributed by atoms with Crippen molar-refractivity contribution in [2.24, 2.45) is 0 Å². The van der Waals surface area contributed by atoms with Gasteiger partial charge < -0.3 is 15.5 Å². The van der Waals surface area contributed by atoms with Crippen LogP contribution in [0.5, 0.6) is 0 Å². The number of anilines is 3. The number of carbonyl (C=O) groups excluding carboxylic acids is 3. The van der Waals surface area contributed by atoms with Gasteiger partial charge in [-0.15, -0.1) is 0 Å². The molecule has 1 unspecified atom stereocenters. The summed E-state index contributed by atoms with van der Waals surface area (Å²) in [5, 5.41) is 5.97. The van der Waals surface area contributed by atoms with Gasteiger partial charge in [-0.3, -0.25) is 19.3 Å². The molecule has 0 aliphatic carbocycles. The summed E-state index contributed by atoms with van der Waals surface area (Å²) in [5.74, 6) is -0.236. The molecule has 0 bridgehead atoms. The molecular weight excluding hydrogens is 394 g/mol. The average Bonchev–Trinajstić information content (AvgIpc) is 2.77. The topological polar surface area (TPSA) is 94.6 Å². The van der Waals surface area contributed by atoms with E-state index < -0.39 is 0 Å². The molecule has 3 rings (SSSR count). The van der Waals surface area contributed by atoms with Crippen LogP contribution in [0.3, 0.4) is 0 Å². The number of rotatable bonds is 5. The number of halogens is 1. The molecule has 1 aromatic carbocycles. The Morgan fingerprint density at radius 3 is 2.76 bits per heavy atom. The first-order valence-electron chi connectivity index (χ1n) is 9.14. The van der Waals surface area contributed by atoms with Crippen molar-refractivity contribution in [2.75, 3.05) is 35.7 Å². The molecule has 152 valence electrons. The van der Waals surface area contributed by atoms with Crippen LogP contribution in [-0.2, 0) is 14.4 Å². The van der Waals surface area contributed by atoms with Gasteiger partial charge in [-0.25, -0.2) is 4.98 Å². The Morgan fingerprint density at radius 1 is 1.28 bits per heavy atom. The highest BCUT2D eigenvalue weighted by Gasteiger charge is 2.30. The zero-order chi connectivity index (χ0) is 21.0. The van der Waals surface area contributed by atoms with Crippen LogP contribution in [0.15, 0.2) is 42.6 Å². The predicted octanol–water partition coefficient (Wildman–Crippen LogP) is 2.37.